The summed E-state index contributed by atoms with van der Waals surface area (Å²) >= 11 is 0. The first-order valence-corrected chi connectivity index (χ1v) is 5.28. The SMILES string of the molecule is Cc1ccc(C(=O)O)cc1-c1cccc(N)c1. The van der Waals surface area contributed by atoms with Crippen molar-refractivity contribution >= 4 is 11.7 Å². The van der Waals surface area contributed by atoms with Crippen LogP contribution in [-0.2, 0) is 0 Å². The molecule has 3 nitrogen and oxygen atoms in total. The van der Waals surface area contributed by atoms with E-state index in [9.17, 15) is 4.79 Å². The van der Waals surface area contributed by atoms with Crippen molar-refractivity contribution in [3.05, 3.63) is 53.6 Å². The molecule has 0 radical (unpaired) electrons. The summed E-state index contributed by atoms with van der Waals surface area (Å²) in [6.45, 7) is 1.95. The highest BCUT2D eigenvalue weighted by Gasteiger charge is 2.07. The molecule has 0 bridgehead atoms. The molecule has 3 heteroatoms. The fourth-order valence-electron chi connectivity index (χ4n) is 1.77. The molecule has 0 aromatic heterocycles. The van der Waals surface area contributed by atoms with Gasteiger partial charge in [-0.25, -0.2) is 4.79 Å². The van der Waals surface area contributed by atoms with Crippen LogP contribution in [0.25, 0.3) is 11.1 Å². The average Bonchev–Trinajstić information content (AvgIpc) is 2.29. The Morgan fingerprint density at radius 3 is 2.59 bits per heavy atom. The summed E-state index contributed by atoms with van der Waals surface area (Å²) in [4.78, 5) is 10.9. The van der Waals surface area contributed by atoms with Gasteiger partial charge in [-0.15, -0.1) is 0 Å². The van der Waals surface area contributed by atoms with Gasteiger partial charge in [-0.05, 0) is 47.9 Å². The van der Waals surface area contributed by atoms with Crippen LogP contribution in [0.3, 0.4) is 0 Å². The first-order chi connectivity index (χ1) is 8.08. The Morgan fingerprint density at radius 1 is 1.18 bits per heavy atom. The lowest BCUT2D eigenvalue weighted by molar-refractivity contribution is 0.0697. The molecule has 0 saturated heterocycles. The van der Waals surface area contributed by atoms with E-state index in [-0.39, 0.29) is 5.56 Å². The van der Waals surface area contributed by atoms with Gasteiger partial charge in [0, 0.05) is 5.69 Å². The number of hydrogen-bond donors (Lipinski definition) is 2. The van der Waals surface area contributed by atoms with Crippen LogP contribution in [0.4, 0.5) is 5.69 Å². The van der Waals surface area contributed by atoms with Gasteiger partial charge in [-0.3, -0.25) is 0 Å². The summed E-state index contributed by atoms with van der Waals surface area (Å²) in [6.07, 6.45) is 0. The minimum atomic E-state index is -0.921. The van der Waals surface area contributed by atoms with Gasteiger partial charge in [0.2, 0.25) is 0 Å². The molecule has 0 heterocycles. The zero-order valence-electron chi connectivity index (χ0n) is 9.47. The van der Waals surface area contributed by atoms with Gasteiger partial charge in [0.05, 0.1) is 5.56 Å². The highest BCUT2D eigenvalue weighted by Crippen LogP contribution is 2.26. The second kappa shape index (κ2) is 4.29. The van der Waals surface area contributed by atoms with Gasteiger partial charge >= 0.3 is 5.97 Å². The molecule has 0 spiro atoms. The number of rotatable bonds is 2. The highest BCUT2D eigenvalue weighted by molar-refractivity contribution is 5.90. The first-order valence-electron chi connectivity index (χ1n) is 5.28. The van der Waals surface area contributed by atoms with Gasteiger partial charge in [0.15, 0.2) is 0 Å². The van der Waals surface area contributed by atoms with E-state index in [1.165, 1.54) is 0 Å². The second-order valence-electron chi connectivity index (χ2n) is 3.96. The lowest BCUT2D eigenvalue weighted by Gasteiger charge is -2.08. The van der Waals surface area contributed by atoms with Crippen molar-refractivity contribution in [2.75, 3.05) is 5.73 Å². The number of aryl methyl sites for hydroxylation is 1. The summed E-state index contributed by atoms with van der Waals surface area (Å²) in [5, 5.41) is 8.98. The van der Waals surface area contributed by atoms with Crippen LogP contribution >= 0.6 is 0 Å². The minimum Gasteiger partial charge on any atom is -0.478 e. The lowest BCUT2D eigenvalue weighted by atomic mass is 9.98. The number of aromatic carboxylic acids is 1. The molecule has 86 valence electrons. The fraction of sp³-hybridized carbons (Fsp3) is 0.0714. The molecule has 0 aliphatic carbocycles. The number of hydrogen-bond acceptors (Lipinski definition) is 2. The zero-order chi connectivity index (χ0) is 12.4. The molecule has 3 N–H and O–H groups in total. The topological polar surface area (TPSA) is 63.3 Å². The normalized spacial score (nSPS) is 10.2. The Morgan fingerprint density at radius 2 is 1.94 bits per heavy atom. The van der Waals surface area contributed by atoms with Crippen LogP contribution in [-0.4, -0.2) is 11.1 Å². The third-order valence-corrected chi connectivity index (χ3v) is 2.68. The van der Waals surface area contributed by atoms with Crippen molar-refractivity contribution in [3.8, 4) is 11.1 Å². The molecule has 0 fully saturated rings. The lowest BCUT2D eigenvalue weighted by Crippen LogP contribution is -1.97. The molecular formula is C14H13NO2. The largest absolute Gasteiger partial charge is 0.478 e. The Balaban J connectivity index is 2.58. The Bertz CT molecular complexity index is 576. The van der Waals surface area contributed by atoms with E-state index >= 15 is 0 Å². The van der Waals surface area contributed by atoms with E-state index in [4.69, 9.17) is 10.8 Å². The molecule has 2 aromatic carbocycles. The van der Waals surface area contributed by atoms with Crippen LogP contribution in [0.5, 0.6) is 0 Å². The van der Waals surface area contributed by atoms with Crippen molar-refractivity contribution in [2.45, 2.75) is 6.92 Å². The summed E-state index contributed by atoms with van der Waals surface area (Å²) in [7, 11) is 0. The van der Waals surface area contributed by atoms with Gasteiger partial charge < -0.3 is 10.8 Å². The van der Waals surface area contributed by atoms with E-state index in [1.807, 2.05) is 31.2 Å². The molecule has 0 amide bonds. The molecule has 0 unspecified atom stereocenters. The zero-order valence-corrected chi connectivity index (χ0v) is 9.47. The maximum atomic E-state index is 10.9. The summed E-state index contributed by atoms with van der Waals surface area (Å²) < 4.78 is 0. The third-order valence-electron chi connectivity index (χ3n) is 2.68. The van der Waals surface area contributed by atoms with E-state index in [0.717, 1.165) is 16.7 Å². The van der Waals surface area contributed by atoms with E-state index in [1.54, 1.807) is 18.2 Å². The molecule has 0 atom stereocenters. The number of carboxylic acids is 1. The predicted molar refractivity (Wildman–Crippen MR) is 68.0 cm³/mol. The number of carbonyl (C=O) groups is 1. The molecule has 0 aliphatic heterocycles. The number of carboxylic acid groups (broad SMARTS) is 1. The first kappa shape index (κ1) is 11.2. The number of benzene rings is 2. The summed E-state index contributed by atoms with van der Waals surface area (Å²) in [6, 6.07) is 12.5. The highest BCUT2D eigenvalue weighted by atomic mass is 16.4. The van der Waals surface area contributed by atoms with Gasteiger partial charge in [0.1, 0.15) is 0 Å². The van der Waals surface area contributed by atoms with Crippen molar-refractivity contribution in [1.82, 2.24) is 0 Å². The molecule has 0 saturated carbocycles. The summed E-state index contributed by atoms with van der Waals surface area (Å²) in [5.74, 6) is -0.921. The van der Waals surface area contributed by atoms with E-state index in [2.05, 4.69) is 0 Å². The number of nitrogens with two attached hydrogens (primary N) is 1. The smallest absolute Gasteiger partial charge is 0.335 e. The van der Waals surface area contributed by atoms with Crippen molar-refractivity contribution in [1.29, 1.82) is 0 Å². The average molecular weight is 227 g/mol. The van der Waals surface area contributed by atoms with Gasteiger partial charge in [-0.1, -0.05) is 18.2 Å². The maximum absolute atomic E-state index is 10.9. The Hall–Kier alpha value is -2.29. The third kappa shape index (κ3) is 2.28. The number of nitrogen functional groups attached to an aromatic ring is 1. The van der Waals surface area contributed by atoms with Gasteiger partial charge in [-0.2, -0.15) is 0 Å². The van der Waals surface area contributed by atoms with Crippen LogP contribution in [0.1, 0.15) is 15.9 Å². The van der Waals surface area contributed by atoms with Crippen LogP contribution in [0.15, 0.2) is 42.5 Å². The second-order valence-corrected chi connectivity index (χ2v) is 3.96. The molecule has 2 rings (SSSR count). The van der Waals surface area contributed by atoms with Crippen LogP contribution in [0.2, 0.25) is 0 Å². The Kier molecular flexibility index (Phi) is 2.83. The predicted octanol–water partition coefficient (Wildman–Crippen LogP) is 2.94. The fourth-order valence-corrected chi connectivity index (χ4v) is 1.77. The van der Waals surface area contributed by atoms with Crippen molar-refractivity contribution < 1.29 is 9.90 Å². The molecular weight excluding hydrogens is 214 g/mol. The maximum Gasteiger partial charge on any atom is 0.335 e. The standard InChI is InChI=1S/C14H13NO2/c1-9-5-6-11(14(16)17)8-13(9)10-3-2-4-12(15)7-10/h2-8H,15H2,1H3,(H,16,17). The van der Waals surface area contributed by atoms with Crippen molar-refractivity contribution in [2.24, 2.45) is 0 Å². The van der Waals surface area contributed by atoms with Crippen LogP contribution < -0.4 is 5.73 Å². The van der Waals surface area contributed by atoms with E-state index < -0.39 is 5.97 Å². The Labute approximate surface area is 99.5 Å². The monoisotopic (exact) mass is 227 g/mol. The molecule has 17 heavy (non-hydrogen) atoms. The molecule has 2 aromatic rings. The minimum absolute atomic E-state index is 0.285. The van der Waals surface area contributed by atoms with E-state index in [0.29, 0.717) is 5.69 Å². The number of anilines is 1. The van der Waals surface area contributed by atoms with Crippen LogP contribution in [0, 0.1) is 6.92 Å². The quantitative estimate of drug-likeness (QED) is 0.775. The van der Waals surface area contributed by atoms with Gasteiger partial charge in [0.25, 0.3) is 0 Å². The van der Waals surface area contributed by atoms with Crippen molar-refractivity contribution in [3.63, 3.8) is 0 Å². The summed E-state index contributed by atoms with van der Waals surface area (Å²) in [5.41, 5.74) is 9.55. The molecule has 0 aliphatic rings.